The van der Waals surface area contributed by atoms with Gasteiger partial charge in [-0.1, -0.05) is 0 Å². The summed E-state index contributed by atoms with van der Waals surface area (Å²) in [5, 5.41) is 0.812. The molecule has 0 unspecified atom stereocenters. The summed E-state index contributed by atoms with van der Waals surface area (Å²) < 4.78 is 17.1. The number of allylic oxidation sites excluding steroid dienone is 2. The van der Waals surface area contributed by atoms with Crippen molar-refractivity contribution in [3.63, 3.8) is 0 Å². The molecule has 4 heteroatoms. The molecule has 0 aliphatic carbocycles. The summed E-state index contributed by atoms with van der Waals surface area (Å²) in [6.07, 6.45) is 4.08. The average Bonchev–Trinajstić information content (AvgIpc) is 2.16. The monoisotopic (exact) mass is 264 g/mol. The Hall–Kier alpha value is 0.163. The zero-order valence-corrected chi connectivity index (χ0v) is 11.8. The third-order valence-corrected chi connectivity index (χ3v) is 7.83. The molecule has 0 aliphatic rings. The van der Waals surface area contributed by atoms with Crippen molar-refractivity contribution in [2.75, 3.05) is 19.8 Å². The minimum atomic E-state index is -2.94. The summed E-state index contributed by atoms with van der Waals surface area (Å²) in [5.74, 6) is 0. The van der Waals surface area contributed by atoms with Crippen molar-refractivity contribution >= 4 is 14.3 Å². The van der Waals surface area contributed by atoms with Crippen LogP contribution in [0.25, 0.3) is 0 Å². The van der Waals surface area contributed by atoms with Crippen molar-refractivity contribution < 1.29 is 11.3 Å². The number of hydrogen-bond acceptors (Lipinski definition) is 3. The third kappa shape index (κ3) is 5.15. The van der Waals surface area contributed by atoms with Gasteiger partial charge in [0.2, 0.25) is 0 Å². The molecular formula is C10H22GeO3. The van der Waals surface area contributed by atoms with Crippen molar-refractivity contribution in [3.8, 4) is 0 Å². The van der Waals surface area contributed by atoms with Crippen molar-refractivity contribution in [3.05, 3.63) is 12.2 Å². The first kappa shape index (κ1) is 14.2. The van der Waals surface area contributed by atoms with Crippen LogP contribution in [0.3, 0.4) is 0 Å². The number of rotatable bonds is 8. The topological polar surface area (TPSA) is 27.7 Å². The first-order valence-corrected chi connectivity index (χ1v) is 9.33. The van der Waals surface area contributed by atoms with Gasteiger partial charge in [0.25, 0.3) is 0 Å². The summed E-state index contributed by atoms with van der Waals surface area (Å²) in [6.45, 7) is 9.93. The molecular weight excluding hydrogens is 241 g/mol. The van der Waals surface area contributed by atoms with E-state index in [4.69, 9.17) is 11.3 Å². The Morgan fingerprint density at radius 1 is 0.929 bits per heavy atom. The molecule has 0 aliphatic heterocycles. The Labute approximate surface area is 90.8 Å². The van der Waals surface area contributed by atoms with Crippen LogP contribution in [0.2, 0.25) is 5.25 Å². The summed E-state index contributed by atoms with van der Waals surface area (Å²) in [7, 11) is 0. The van der Waals surface area contributed by atoms with Gasteiger partial charge in [0.15, 0.2) is 0 Å². The Kier molecular flexibility index (Phi) is 8.57. The first-order valence-electron chi connectivity index (χ1n) is 5.27. The predicted octanol–water partition coefficient (Wildman–Crippen LogP) is 2.61. The van der Waals surface area contributed by atoms with Crippen molar-refractivity contribution in [1.29, 1.82) is 0 Å². The van der Waals surface area contributed by atoms with E-state index in [0.29, 0.717) is 19.8 Å². The van der Waals surface area contributed by atoms with Crippen molar-refractivity contribution in [2.45, 2.75) is 32.9 Å². The molecule has 0 saturated heterocycles. The SMILES string of the molecule is C/C=C/[CH2][Ge]([O]CC)([O]CC)[O]CC. The molecule has 0 amide bonds. The summed E-state index contributed by atoms with van der Waals surface area (Å²) >= 11 is -2.94. The molecule has 0 aromatic rings. The van der Waals surface area contributed by atoms with E-state index in [1.54, 1.807) is 0 Å². The van der Waals surface area contributed by atoms with E-state index in [0.717, 1.165) is 5.25 Å². The molecule has 3 nitrogen and oxygen atoms in total. The van der Waals surface area contributed by atoms with Gasteiger partial charge >= 0.3 is 90.5 Å². The molecule has 0 saturated carbocycles. The van der Waals surface area contributed by atoms with Crippen LogP contribution in [0.4, 0.5) is 0 Å². The van der Waals surface area contributed by atoms with Gasteiger partial charge in [0.1, 0.15) is 0 Å². The first-order chi connectivity index (χ1) is 6.74. The molecule has 0 radical (unpaired) electrons. The number of hydrogen-bond donors (Lipinski definition) is 0. The average molecular weight is 263 g/mol. The van der Waals surface area contributed by atoms with Crippen LogP contribution in [0.15, 0.2) is 12.2 Å². The molecule has 14 heavy (non-hydrogen) atoms. The zero-order chi connectivity index (χ0) is 10.9. The third-order valence-electron chi connectivity index (χ3n) is 1.70. The van der Waals surface area contributed by atoms with E-state index >= 15 is 0 Å². The van der Waals surface area contributed by atoms with Gasteiger partial charge < -0.3 is 0 Å². The second-order valence-electron chi connectivity index (χ2n) is 2.76. The summed E-state index contributed by atoms with van der Waals surface area (Å²) in [6, 6.07) is 0. The molecule has 0 N–H and O–H groups in total. The van der Waals surface area contributed by atoms with Gasteiger partial charge in [-0.3, -0.25) is 0 Å². The van der Waals surface area contributed by atoms with Crippen LogP contribution < -0.4 is 0 Å². The molecule has 0 rings (SSSR count). The normalized spacial score (nSPS) is 12.6. The van der Waals surface area contributed by atoms with E-state index < -0.39 is 14.3 Å². The van der Waals surface area contributed by atoms with Crippen LogP contribution in [0.1, 0.15) is 27.7 Å². The van der Waals surface area contributed by atoms with Gasteiger partial charge in [-0.25, -0.2) is 0 Å². The van der Waals surface area contributed by atoms with Gasteiger partial charge in [-0.2, -0.15) is 0 Å². The molecule has 0 aromatic carbocycles. The van der Waals surface area contributed by atoms with Crippen LogP contribution in [-0.2, 0) is 11.3 Å². The molecule has 0 heterocycles. The molecule has 84 valence electrons. The van der Waals surface area contributed by atoms with Gasteiger partial charge in [0.05, 0.1) is 0 Å². The second kappa shape index (κ2) is 8.47. The summed E-state index contributed by atoms with van der Waals surface area (Å²) in [5.41, 5.74) is 0. The van der Waals surface area contributed by atoms with Crippen LogP contribution in [0, 0.1) is 0 Å². The zero-order valence-electron chi connectivity index (χ0n) is 9.71. The van der Waals surface area contributed by atoms with E-state index in [2.05, 4.69) is 6.08 Å². The van der Waals surface area contributed by atoms with Gasteiger partial charge in [0, 0.05) is 0 Å². The molecule has 0 fully saturated rings. The Morgan fingerprint density at radius 3 is 1.64 bits per heavy atom. The van der Waals surface area contributed by atoms with E-state index in [9.17, 15) is 0 Å². The maximum absolute atomic E-state index is 5.70. The Morgan fingerprint density at radius 2 is 1.36 bits per heavy atom. The van der Waals surface area contributed by atoms with Gasteiger partial charge in [-0.15, -0.1) is 0 Å². The van der Waals surface area contributed by atoms with Crippen LogP contribution in [-0.4, -0.2) is 34.1 Å². The molecule has 0 spiro atoms. The standard InChI is InChI=1S/C10H22GeO3/c1-5-9-10-11(12-6-2,13-7-3)14-8-4/h5,9H,6-8,10H2,1-4H3/b9-5+. The predicted molar refractivity (Wildman–Crippen MR) is 60.3 cm³/mol. The van der Waals surface area contributed by atoms with Gasteiger partial charge in [-0.05, 0) is 0 Å². The summed E-state index contributed by atoms with van der Waals surface area (Å²) in [4.78, 5) is 0. The molecule has 0 bridgehead atoms. The Bertz CT molecular complexity index is 142. The van der Waals surface area contributed by atoms with E-state index in [1.807, 2.05) is 33.8 Å². The van der Waals surface area contributed by atoms with E-state index in [-0.39, 0.29) is 0 Å². The van der Waals surface area contributed by atoms with Crippen LogP contribution in [0.5, 0.6) is 0 Å². The Balaban J connectivity index is 4.36. The maximum atomic E-state index is 5.70. The second-order valence-corrected chi connectivity index (χ2v) is 8.29. The van der Waals surface area contributed by atoms with Crippen molar-refractivity contribution in [2.24, 2.45) is 0 Å². The van der Waals surface area contributed by atoms with E-state index in [1.165, 1.54) is 0 Å². The minimum absolute atomic E-state index is 0.664. The fourth-order valence-electron chi connectivity index (χ4n) is 1.22. The fourth-order valence-corrected chi connectivity index (χ4v) is 6.36. The van der Waals surface area contributed by atoms with Crippen LogP contribution >= 0.6 is 0 Å². The fraction of sp³-hybridized carbons (Fsp3) is 0.800. The molecule has 0 aromatic heterocycles. The quantitative estimate of drug-likeness (QED) is 0.497. The molecule has 0 atom stereocenters. The van der Waals surface area contributed by atoms with Crippen molar-refractivity contribution in [1.82, 2.24) is 0 Å².